The van der Waals surface area contributed by atoms with Crippen molar-refractivity contribution in [3.8, 4) is 6.07 Å². The fourth-order valence-corrected chi connectivity index (χ4v) is 1.77. The van der Waals surface area contributed by atoms with Crippen LogP contribution in [0.25, 0.3) is 0 Å². The van der Waals surface area contributed by atoms with Crippen molar-refractivity contribution < 1.29 is 9.18 Å². The number of carbonyl (C=O) groups is 1. The first-order valence-corrected chi connectivity index (χ1v) is 5.30. The summed E-state index contributed by atoms with van der Waals surface area (Å²) in [6, 6.07) is 6.18. The molecule has 17 heavy (non-hydrogen) atoms. The van der Waals surface area contributed by atoms with Gasteiger partial charge in [0.05, 0.1) is 12.1 Å². The van der Waals surface area contributed by atoms with Crippen molar-refractivity contribution in [2.24, 2.45) is 0 Å². The molecule has 0 atom stereocenters. The summed E-state index contributed by atoms with van der Waals surface area (Å²) in [5, 5.41) is 8.63. The van der Waals surface area contributed by atoms with E-state index in [1.165, 1.54) is 12.1 Å². The number of rotatable bonds is 1. The molecular formula is C12H12FN3O. The second-order valence-electron chi connectivity index (χ2n) is 4.01. The summed E-state index contributed by atoms with van der Waals surface area (Å²) in [6.07, 6.45) is 0. The Kier molecular flexibility index (Phi) is 2.96. The maximum Gasteiger partial charge on any atom is 0.241 e. The molecule has 1 aliphatic heterocycles. The molecule has 0 unspecified atom stereocenters. The molecule has 1 fully saturated rings. The molecule has 0 N–H and O–H groups in total. The fourth-order valence-electron chi connectivity index (χ4n) is 1.77. The average Bonchev–Trinajstić information content (AvgIpc) is 2.32. The highest BCUT2D eigenvalue weighted by Crippen LogP contribution is 2.19. The van der Waals surface area contributed by atoms with E-state index in [9.17, 15) is 9.18 Å². The predicted octanol–water partition coefficient (Wildman–Crippen LogP) is 0.976. The van der Waals surface area contributed by atoms with Gasteiger partial charge in [0, 0.05) is 25.8 Å². The van der Waals surface area contributed by atoms with Crippen LogP contribution >= 0.6 is 0 Å². The SMILES string of the molecule is CN1CCN(c2ccc(C#N)c(F)c2)CC1=O. The number of carbonyl (C=O) groups excluding carboxylic acids is 1. The van der Waals surface area contributed by atoms with Gasteiger partial charge in [-0.1, -0.05) is 0 Å². The van der Waals surface area contributed by atoms with Crippen LogP contribution < -0.4 is 4.90 Å². The van der Waals surface area contributed by atoms with Gasteiger partial charge < -0.3 is 9.80 Å². The third-order valence-electron chi connectivity index (χ3n) is 2.90. The lowest BCUT2D eigenvalue weighted by Crippen LogP contribution is -2.48. The summed E-state index contributed by atoms with van der Waals surface area (Å²) in [6.45, 7) is 1.55. The first kappa shape index (κ1) is 11.4. The molecule has 5 heteroatoms. The normalized spacial score (nSPS) is 15.9. The van der Waals surface area contributed by atoms with Crippen molar-refractivity contribution in [2.45, 2.75) is 0 Å². The lowest BCUT2D eigenvalue weighted by molar-refractivity contribution is -0.129. The third-order valence-corrected chi connectivity index (χ3v) is 2.90. The van der Waals surface area contributed by atoms with Gasteiger partial charge in [-0.15, -0.1) is 0 Å². The monoisotopic (exact) mass is 233 g/mol. The van der Waals surface area contributed by atoms with Gasteiger partial charge in [-0.2, -0.15) is 5.26 Å². The van der Waals surface area contributed by atoms with Gasteiger partial charge in [-0.3, -0.25) is 4.79 Å². The van der Waals surface area contributed by atoms with Gasteiger partial charge in [0.15, 0.2) is 0 Å². The Labute approximate surface area is 98.9 Å². The molecule has 1 aromatic rings. The van der Waals surface area contributed by atoms with Gasteiger partial charge in [0.25, 0.3) is 0 Å². The Morgan fingerprint density at radius 1 is 1.41 bits per heavy atom. The topological polar surface area (TPSA) is 47.3 Å². The van der Waals surface area contributed by atoms with Gasteiger partial charge in [-0.25, -0.2) is 4.39 Å². The summed E-state index contributed by atoms with van der Waals surface area (Å²) < 4.78 is 13.4. The number of hydrogen-bond donors (Lipinski definition) is 0. The Bertz CT molecular complexity index is 495. The molecule has 0 radical (unpaired) electrons. The number of benzene rings is 1. The van der Waals surface area contributed by atoms with Crippen molar-refractivity contribution in [2.75, 3.05) is 31.6 Å². The molecule has 0 aromatic heterocycles. The molecule has 1 heterocycles. The predicted molar refractivity (Wildman–Crippen MR) is 61.0 cm³/mol. The Hall–Kier alpha value is -2.09. The molecule has 1 aliphatic rings. The summed E-state index contributed by atoms with van der Waals surface area (Å²) in [4.78, 5) is 15.0. The second-order valence-corrected chi connectivity index (χ2v) is 4.01. The number of nitrogens with zero attached hydrogens (tertiary/aromatic N) is 3. The van der Waals surface area contributed by atoms with Crippen LogP contribution in [0.15, 0.2) is 18.2 Å². The standard InChI is InChI=1S/C12H12FN3O/c1-15-4-5-16(8-12(15)17)10-3-2-9(7-14)11(13)6-10/h2-3,6H,4-5,8H2,1H3. The highest BCUT2D eigenvalue weighted by atomic mass is 19.1. The number of piperazine rings is 1. The Balaban J connectivity index is 2.21. The Morgan fingerprint density at radius 2 is 2.18 bits per heavy atom. The van der Waals surface area contributed by atoms with E-state index in [1.807, 2.05) is 4.90 Å². The number of anilines is 1. The van der Waals surface area contributed by atoms with Crippen LogP contribution in [0.5, 0.6) is 0 Å². The fraction of sp³-hybridized carbons (Fsp3) is 0.333. The van der Waals surface area contributed by atoms with Crippen LogP contribution in [0.1, 0.15) is 5.56 Å². The van der Waals surface area contributed by atoms with Gasteiger partial charge in [0.2, 0.25) is 5.91 Å². The van der Waals surface area contributed by atoms with E-state index in [0.717, 1.165) is 0 Å². The molecule has 2 rings (SSSR count). The maximum absolute atomic E-state index is 13.4. The number of likely N-dealkylation sites (N-methyl/N-ethyl adjacent to an activating group) is 1. The zero-order valence-electron chi connectivity index (χ0n) is 9.48. The molecule has 1 saturated heterocycles. The zero-order valence-corrected chi connectivity index (χ0v) is 9.48. The summed E-state index contributed by atoms with van der Waals surface area (Å²) >= 11 is 0. The molecule has 1 amide bonds. The van der Waals surface area contributed by atoms with Crippen LogP contribution in [0.3, 0.4) is 0 Å². The van der Waals surface area contributed by atoms with E-state index in [0.29, 0.717) is 18.8 Å². The van der Waals surface area contributed by atoms with E-state index in [-0.39, 0.29) is 18.0 Å². The first-order chi connectivity index (χ1) is 8.11. The average molecular weight is 233 g/mol. The summed E-state index contributed by atoms with van der Waals surface area (Å²) in [5.74, 6) is -0.530. The van der Waals surface area contributed by atoms with Crippen molar-refractivity contribution in [3.05, 3.63) is 29.6 Å². The van der Waals surface area contributed by atoms with Gasteiger partial charge in [0.1, 0.15) is 11.9 Å². The molecule has 88 valence electrons. The van der Waals surface area contributed by atoms with E-state index in [1.54, 1.807) is 24.1 Å². The van der Waals surface area contributed by atoms with Crippen LogP contribution in [0, 0.1) is 17.1 Å². The quantitative estimate of drug-likeness (QED) is 0.726. The van der Waals surface area contributed by atoms with E-state index >= 15 is 0 Å². The van der Waals surface area contributed by atoms with Gasteiger partial charge in [-0.05, 0) is 18.2 Å². The number of hydrogen-bond acceptors (Lipinski definition) is 3. The largest absolute Gasteiger partial charge is 0.360 e. The van der Waals surface area contributed by atoms with Crippen molar-refractivity contribution in [1.29, 1.82) is 5.26 Å². The lowest BCUT2D eigenvalue weighted by atomic mass is 10.2. The molecular weight excluding hydrogens is 221 g/mol. The second kappa shape index (κ2) is 4.42. The minimum Gasteiger partial charge on any atom is -0.360 e. The van der Waals surface area contributed by atoms with Gasteiger partial charge >= 0.3 is 0 Å². The summed E-state index contributed by atoms with van der Waals surface area (Å²) in [7, 11) is 1.75. The first-order valence-electron chi connectivity index (χ1n) is 5.30. The van der Waals surface area contributed by atoms with Crippen molar-refractivity contribution in [1.82, 2.24) is 4.90 Å². The molecule has 0 aliphatic carbocycles. The van der Waals surface area contributed by atoms with E-state index in [4.69, 9.17) is 5.26 Å². The van der Waals surface area contributed by atoms with Crippen LogP contribution in [0.4, 0.5) is 10.1 Å². The van der Waals surface area contributed by atoms with E-state index in [2.05, 4.69) is 0 Å². The highest BCUT2D eigenvalue weighted by Gasteiger charge is 2.21. The smallest absolute Gasteiger partial charge is 0.241 e. The zero-order chi connectivity index (χ0) is 12.4. The minimum absolute atomic E-state index is 0.0148. The summed E-state index contributed by atoms with van der Waals surface area (Å²) in [5.41, 5.74) is 0.664. The van der Waals surface area contributed by atoms with Crippen LogP contribution in [-0.2, 0) is 4.79 Å². The third kappa shape index (κ3) is 2.21. The molecule has 1 aromatic carbocycles. The van der Waals surface area contributed by atoms with E-state index < -0.39 is 5.82 Å². The number of amides is 1. The number of halogens is 1. The highest BCUT2D eigenvalue weighted by molar-refractivity contribution is 5.82. The van der Waals surface area contributed by atoms with Crippen LogP contribution in [0.2, 0.25) is 0 Å². The number of nitriles is 1. The van der Waals surface area contributed by atoms with Crippen molar-refractivity contribution in [3.63, 3.8) is 0 Å². The lowest BCUT2D eigenvalue weighted by Gasteiger charge is -2.33. The maximum atomic E-state index is 13.4. The minimum atomic E-state index is -0.545. The molecule has 4 nitrogen and oxygen atoms in total. The molecule has 0 saturated carbocycles. The van der Waals surface area contributed by atoms with Crippen LogP contribution in [-0.4, -0.2) is 37.5 Å². The molecule has 0 bridgehead atoms. The Morgan fingerprint density at radius 3 is 2.76 bits per heavy atom. The molecule has 0 spiro atoms. The van der Waals surface area contributed by atoms with Crippen molar-refractivity contribution >= 4 is 11.6 Å².